The zero-order valence-electron chi connectivity index (χ0n) is 10.3. The topological polar surface area (TPSA) is 67.6 Å². The number of pyridine rings is 1. The van der Waals surface area contributed by atoms with E-state index in [1.807, 2.05) is 30.3 Å². The van der Waals surface area contributed by atoms with E-state index in [0.29, 0.717) is 10.8 Å². The summed E-state index contributed by atoms with van der Waals surface area (Å²) in [6.45, 7) is 0. The molecule has 0 fully saturated rings. The van der Waals surface area contributed by atoms with E-state index >= 15 is 0 Å². The maximum Gasteiger partial charge on any atom is 0.153 e. The molecule has 6 heteroatoms. The van der Waals surface area contributed by atoms with Crippen LogP contribution in [0.1, 0.15) is 0 Å². The first-order valence-corrected chi connectivity index (χ1v) is 7.32. The zero-order valence-corrected chi connectivity index (χ0v) is 13.2. The molecule has 100 valence electrons. The highest BCUT2D eigenvalue weighted by Crippen LogP contribution is 2.35. The molecule has 0 bridgehead atoms. The minimum Gasteiger partial charge on any atom is -0.382 e. The van der Waals surface area contributed by atoms with Crippen LogP contribution in [0, 0.1) is 3.57 Å². The van der Waals surface area contributed by atoms with Gasteiger partial charge in [0.25, 0.3) is 0 Å². The predicted molar refractivity (Wildman–Crippen MR) is 89.4 cm³/mol. The maximum atomic E-state index is 6.18. The van der Waals surface area contributed by atoms with E-state index < -0.39 is 0 Å². The number of halogens is 2. The Balaban J connectivity index is 2.18. The van der Waals surface area contributed by atoms with Crippen molar-refractivity contribution in [3.8, 4) is 22.4 Å². The van der Waals surface area contributed by atoms with Gasteiger partial charge in [0, 0.05) is 27.1 Å². The number of nitrogens with two attached hydrogens (primary N) is 1. The number of rotatable bonds is 2. The van der Waals surface area contributed by atoms with Gasteiger partial charge < -0.3 is 5.73 Å². The van der Waals surface area contributed by atoms with Crippen LogP contribution in [0.5, 0.6) is 0 Å². The molecule has 4 nitrogen and oxygen atoms in total. The SMILES string of the molecule is Nc1n[nH]c(-c2ccc(I)c(Cl)c2)c1-c1cccnc1. The van der Waals surface area contributed by atoms with Crippen LogP contribution in [0.15, 0.2) is 42.7 Å². The first kappa shape index (κ1) is 13.4. The summed E-state index contributed by atoms with van der Waals surface area (Å²) in [6.07, 6.45) is 3.49. The van der Waals surface area contributed by atoms with Gasteiger partial charge in [-0.25, -0.2) is 0 Å². The molecule has 0 saturated heterocycles. The molecule has 0 aliphatic heterocycles. The highest BCUT2D eigenvalue weighted by molar-refractivity contribution is 14.1. The van der Waals surface area contributed by atoms with E-state index in [2.05, 4.69) is 37.8 Å². The Morgan fingerprint density at radius 1 is 1.20 bits per heavy atom. The van der Waals surface area contributed by atoms with Crippen molar-refractivity contribution in [1.82, 2.24) is 15.2 Å². The fourth-order valence-corrected chi connectivity index (χ4v) is 2.54. The lowest BCUT2D eigenvalue weighted by Crippen LogP contribution is -1.89. The molecule has 0 spiro atoms. The van der Waals surface area contributed by atoms with E-state index in [1.54, 1.807) is 12.4 Å². The third-order valence-electron chi connectivity index (χ3n) is 2.95. The highest BCUT2D eigenvalue weighted by Gasteiger charge is 2.15. The summed E-state index contributed by atoms with van der Waals surface area (Å²) in [6, 6.07) is 9.66. The fraction of sp³-hybridized carbons (Fsp3) is 0. The Labute approximate surface area is 134 Å². The average molecular weight is 397 g/mol. The molecule has 0 saturated carbocycles. The summed E-state index contributed by atoms with van der Waals surface area (Å²) in [4.78, 5) is 4.12. The summed E-state index contributed by atoms with van der Waals surface area (Å²) in [5.41, 5.74) is 9.52. The maximum absolute atomic E-state index is 6.18. The molecule has 1 aromatic carbocycles. The molecule has 3 aromatic rings. The van der Waals surface area contributed by atoms with Crippen LogP contribution in [0.25, 0.3) is 22.4 Å². The van der Waals surface area contributed by atoms with Crippen molar-refractivity contribution in [2.45, 2.75) is 0 Å². The van der Waals surface area contributed by atoms with Crippen LogP contribution >= 0.6 is 34.2 Å². The number of nitrogens with zero attached hydrogens (tertiary/aromatic N) is 2. The molecular formula is C14H10ClIN4. The Kier molecular flexibility index (Phi) is 3.62. The molecule has 0 radical (unpaired) electrons. The third kappa shape index (κ3) is 2.38. The summed E-state index contributed by atoms with van der Waals surface area (Å²) >= 11 is 8.38. The van der Waals surface area contributed by atoms with E-state index in [4.69, 9.17) is 17.3 Å². The van der Waals surface area contributed by atoms with E-state index in [9.17, 15) is 0 Å². The molecule has 0 unspecified atom stereocenters. The monoisotopic (exact) mass is 396 g/mol. The van der Waals surface area contributed by atoms with Crippen molar-refractivity contribution in [3.05, 3.63) is 51.3 Å². The molecule has 3 rings (SSSR count). The van der Waals surface area contributed by atoms with Crippen molar-refractivity contribution in [1.29, 1.82) is 0 Å². The molecule has 20 heavy (non-hydrogen) atoms. The van der Waals surface area contributed by atoms with Gasteiger partial charge in [-0.05, 0) is 40.8 Å². The van der Waals surface area contributed by atoms with Crippen molar-refractivity contribution in [2.75, 3.05) is 5.73 Å². The number of aromatic nitrogens is 3. The van der Waals surface area contributed by atoms with Crippen molar-refractivity contribution in [3.63, 3.8) is 0 Å². The van der Waals surface area contributed by atoms with Crippen molar-refractivity contribution < 1.29 is 0 Å². The second-order valence-electron chi connectivity index (χ2n) is 4.23. The molecule has 2 aromatic heterocycles. The van der Waals surface area contributed by atoms with Gasteiger partial charge in [-0.3, -0.25) is 10.1 Å². The van der Waals surface area contributed by atoms with Crippen LogP contribution < -0.4 is 5.73 Å². The molecule has 0 aliphatic rings. The molecule has 0 aliphatic carbocycles. The lowest BCUT2D eigenvalue weighted by Gasteiger charge is -2.05. The predicted octanol–water partition coefficient (Wildman–Crippen LogP) is 3.98. The number of H-pyrrole nitrogens is 1. The van der Waals surface area contributed by atoms with Crippen LogP contribution in [0.3, 0.4) is 0 Å². The summed E-state index contributed by atoms with van der Waals surface area (Å²) < 4.78 is 1.00. The summed E-state index contributed by atoms with van der Waals surface area (Å²) in [5, 5.41) is 7.78. The van der Waals surface area contributed by atoms with E-state index in [0.717, 1.165) is 26.0 Å². The molecule has 0 atom stereocenters. The molecule has 3 N–H and O–H groups in total. The fourth-order valence-electron chi connectivity index (χ4n) is 2.02. The average Bonchev–Trinajstić information content (AvgIpc) is 2.85. The van der Waals surface area contributed by atoms with Gasteiger partial charge in [-0.2, -0.15) is 5.10 Å². The Bertz CT molecular complexity index is 755. The van der Waals surface area contributed by atoms with E-state index in [-0.39, 0.29) is 0 Å². The second-order valence-corrected chi connectivity index (χ2v) is 5.80. The van der Waals surface area contributed by atoms with Crippen LogP contribution in [-0.2, 0) is 0 Å². The van der Waals surface area contributed by atoms with Gasteiger partial charge >= 0.3 is 0 Å². The summed E-state index contributed by atoms with van der Waals surface area (Å²) in [7, 11) is 0. The van der Waals surface area contributed by atoms with Crippen LogP contribution in [-0.4, -0.2) is 15.2 Å². The number of anilines is 1. The largest absolute Gasteiger partial charge is 0.382 e. The van der Waals surface area contributed by atoms with Gasteiger partial charge in [-0.1, -0.05) is 23.7 Å². The number of nitrogens with one attached hydrogen (secondary N) is 1. The molecular weight excluding hydrogens is 387 g/mol. The number of hydrogen-bond acceptors (Lipinski definition) is 3. The Morgan fingerprint density at radius 2 is 2.05 bits per heavy atom. The van der Waals surface area contributed by atoms with E-state index in [1.165, 1.54) is 0 Å². The van der Waals surface area contributed by atoms with Gasteiger partial charge in [0.05, 0.1) is 16.3 Å². The first-order chi connectivity index (χ1) is 9.66. The zero-order chi connectivity index (χ0) is 14.1. The minimum absolute atomic E-state index is 0.447. The number of aromatic amines is 1. The molecule has 0 amide bonds. The van der Waals surface area contributed by atoms with Crippen molar-refractivity contribution in [2.24, 2.45) is 0 Å². The Morgan fingerprint density at radius 3 is 2.75 bits per heavy atom. The Hall–Kier alpha value is -1.60. The quantitative estimate of drug-likeness (QED) is 0.644. The van der Waals surface area contributed by atoms with Crippen LogP contribution in [0.4, 0.5) is 5.82 Å². The third-order valence-corrected chi connectivity index (χ3v) is 4.53. The van der Waals surface area contributed by atoms with Gasteiger partial charge in [0.15, 0.2) is 5.82 Å². The lowest BCUT2D eigenvalue weighted by molar-refractivity contribution is 1.10. The van der Waals surface area contributed by atoms with Gasteiger partial charge in [-0.15, -0.1) is 0 Å². The second kappa shape index (κ2) is 5.41. The van der Waals surface area contributed by atoms with Gasteiger partial charge in [0.2, 0.25) is 0 Å². The highest BCUT2D eigenvalue weighted by atomic mass is 127. The first-order valence-electron chi connectivity index (χ1n) is 5.86. The van der Waals surface area contributed by atoms with Crippen LogP contribution in [0.2, 0.25) is 5.02 Å². The number of benzene rings is 1. The standard InChI is InChI=1S/C14H10ClIN4/c15-10-6-8(3-4-11(10)16)13-12(14(17)20-19-13)9-2-1-5-18-7-9/h1-7H,(H3,17,19,20). The molecule has 2 heterocycles. The summed E-state index contributed by atoms with van der Waals surface area (Å²) in [5.74, 6) is 0.447. The number of hydrogen-bond donors (Lipinski definition) is 2. The number of nitrogen functional groups attached to an aromatic ring is 1. The van der Waals surface area contributed by atoms with Crippen molar-refractivity contribution >= 4 is 40.0 Å². The normalized spacial score (nSPS) is 10.7. The lowest BCUT2D eigenvalue weighted by atomic mass is 10.0. The minimum atomic E-state index is 0.447. The smallest absolute Gasteiger partial charge is 0.153 e. The van der Waals surface area contributed by atoms with Gasteiger partial charge in [0.1, 0.15) is 0 Å².